The summed E-state index contributed by atoms with van der Waals surface area (Å²) in [4.78, 5) is 8.56. The summed E-state index contributed by atoms with van der Waals surface area (Å²) < 4.78 is 1.86. The van der Waals surface area contributed by atoms with E-state index in [1.165, 1.54) is 0 Å². The van der Waals surface area contributed by atoms with E-state index in [1.807, 2.05) is 37.3 Å². The van der Waals surface area contributed by atoms with E-state index in [2.05, 4.69) is 41.8 Å². The fourth-order valence-corrected chi connectivity index (χ4v) is 2.20. The molecule has 1 heterocycles. The molecule has 2 aromatic rings. The molecule has 0 unspecified atom stereocenters. The minimum Gasteiger partial charge on any atom is -0.233 e. The summed E-state index contributed by atoms with van der Waals surface area (Å²) in [7, 11) is 0. The number of rotatable bonds is 1. The first-order valence-electron chi connectivity index (χ1n) is 4.42. The Balaban J connectivity index is 2.54. The monoisotopic (exact) mass is 326 g/mol. The quantitative estimate of drug-likeness (QED) is 0.740. The van der Waals surface area contributed by atoms with Gasteiger partial charge in [-0.15, -0.1) is 0 Å². The van der Waals surface area contributed by atoms with E-state index in [4.69, 9.17) is 0 Å². The zero-order valence-electron chi connectivity index (χ0n) is 8.04. The maximum atomic E-state index is 4.38. The van der Waals surface area contributed by atoms with Crippen LogP contribution in [-0.4, -0.2) is 9.97 Å². The molecule has 0 aliphatic heterocycles. The molecule has 0 saturated heterocycles. The fourth-order valence-electron chi connectivity index (χ4n) is 1.33. The van der Waals surface area contributed by atoms with E-state index < -0.39 is 0 Å². The molecular weight excluding hydrogens is 320 g/mol. The van der Waals surface area contributed by atoms with Crippen LogP contribution in [0.3, 0.4) is 0 Å². The lowest BCUT2D eigenvalue weighted by molar-refractivity contribution is 1.04. The predicted molar refractivity (Wildman–Crippen MR) is 67.6 cm³/mol. The molecule has 15 heavy (non-hydrogen) atoms. The van der Waals surface area contributed by atoms with E-state index in [-0.39, 0.29) is 0 Å². The van der Waals surface area contributed by atoms with Gasteiger partial charge in [-0.1, -0.05) is 28.1 Å². The third-order valence-corrected chi connectivity index (χ3v) is 2.83. The second-order valence-corrected chi connectivity index (χ2v) is 4.86. The smallest absolute Gasteiger partial charge is 0.127 e. The van der Waals surface area contributed by atoms with Gasteiger partial charge >= 0.3 is 0 Å². The van der Waals surface area contributed by atoms with Gasteiger partial charge in [0.1, 0.15) is 10.4 Å². The summed E-state index contributed by atoms with van der Waals surface area (Å²) >= 11 is 6.81. The first-order valence-corrected chi connectivity index (χ1v) is 6.01. The van der Waals surface area contributed by atoms with Crippen LogP contribution >= 0.6 is 31.9 Å². The van der Waals surface area contributed by atoms with E-state index in [9.17, 15) is 0 Å². The van der Waals surface area contributed by atoms with Crippen LogP contribution in [-0.2, 0) is 0 Å². The number of halogens is 2. The molecule has 0 atom stereocenters. The first-order chi connectivity index (χ1) is 7.15. The van der Waals surface area contributed by atoms with Crippen LogP contribution in [0.2, 0.25) is 0 Å². The number of nitrogens with zero attached hydrogens (tertiary/aromatic N) is 2. The minimum absolute atomic E-state index is 0.763. The van der Waals surface area contributed by atoms with E-state index >= 15 is 0 Å². The van der Waals surface area contributed by atoms with Gasteiger partial charge in [-0.3, -0.25) is 0 Å². The number of benzene rings is 1. The van der Waals surface area contributed by atoms with Gasteiger partial charge in [0, 0.05) is 10.0 Å². The molecule has 0 saturated carbocycles. The van der Waals surface area contributed by atoms with Crippen molar-refractivity contribution in [2.24, 2.45) is 0 Å². The molecule has 2 nitrogen and oxygen atoms in total. The van der Waals surface area contributed by atoms with Gasteiger partial charge in [0.25, 0.3) is 0 Å². The molecule has 2 rings (SSSR count). The Labute approximate surface area is 105 Å². The Morgan fingerprint density at radius 3 is 2.53 bits per heavy atom. The van der Waals surface area contributed by atoms with Crippen molar-refractivity contribution in [3.05, 3.63) is 45.2 Å². The average molecular weight is 328 g/mol. The van der Waals surface area contributed by atoms with Crippen LogP contribution in [0.25, 0.3) is 11.3 Å². The zero-order chi connectivity index (χ0) is 10.8. The molecule has 0 bridgehead atoms. The van der Waals surface area contributed by atoms with Gasteiger partial charge in [-0.25, -0.2) is 9.97 Å². The highest BCUT2D eigenvalue weighted by Gasteiger charge is 2.02. The molecule has 0 aliphatic carbocycles. The zero-order valence-corrected chi connectivity index (χ0v) is 11.2. The molecule has 0 aliphatic rings. The lowest BCUT2D eigenvalue weighted by Crippen LogP contribution is -1.91. The number of hydrogen-bond acceptors (Lipinski definition) is 2. The summed E-state index contributed by atoms with van der Waals surface area (Å²) in [5, 5.41) is 0. The Morgan fingerprint density at radius 2 is 1.87 bits per heavy atom. The van der Waals surface area contributed by atoms with Crippen LogP contribution in [0, 0.1) is 6.92 Å². The lowest BCUT2D eigenvalue weighted by atomic mass is 10.1. The molecule has 1 aromatic carbocycles. The van der Waals surface area contributed by atoms with Crippen molar-refractivity contribution in [3.8, 4) is 11.3 Å². The van der Waals surface area contributed by atoms with Crippen LogP contribution in [0.4, 0.5) is 0 Å². The normalized spacial score (nSPS) is 10.3. The van der Waals surface area contributed by atoms with E-state index in [0.29, 0.717) is 0 Å². The van der Waals surface area contributed by atoms with E-state index in [1.54, 1.807) is 0 Å². The lowest BCUT2D eigenvalue weighted by Gasteiger charge is -2.03. The Morgan fingerprint density at radius 1 is 1.07 bits per heavy atom. The SMILES string of the molecule is Cc1nc(Br)cc(-c2cccc(Br)c2)n1. The Hall–Kier alpha value is -0.740. The standard InChI is InChI=1S/C11H8Br2N2/c1-7-14-10(6-11(13)15-7)8-3-2-4-9(12)5-8/h2-6H,1H3. The highest BCUT2D eigenvalue weighted by Crippen LogP contribution is 2.23. The number of aryl methyl sites for hydroxylation is 1. The molecule has 0 radical (unpaired) electrons. The third-order valence-electron chi connectivity index (χ3n) is 1.93. The molecule has 0 fully saturated rings. The van der Waals surface area contributed by atoms with Gasteiger partial charge in [-0.2, -0.15) is 0 Å². The molecule has 0 spiro atoms. The number of aromatic nitrogens is 2. The average Bonchev–Trinajstić information content (AvgIpc) is 2.16. The molecule has 1 aromatic heterocycles. The fraction of sp³-hybridized carbons (Fsp3) is 0.0909. The maximum absolute atomic E-state index is 4.38. The van der Waals surface area contributed by atoms with Gasteiger partial charge in [0.05, 0.1) is 5.69 Å². The van der Waals surface area contributed by atoms with Gasteiger partial charge in [-0.05, 0) is 41.1 Å². The Bertz CT molecular complexity index is 477. The van der Waals surface area contributed by atoms with Crippen LogP contribution in [0.15, 0.2) is 39.4 Å². The predicted octanol–water partition coefficient (Wildman–Crippen LogP) is 3.98. The Kier molecular flexibility index (Phi) is 3.17. The minimum atomic E-state index is 0.763. The number of hydrogen-bond donors (Lipinski definition) is 0. The van der Waals surface area contributed by atoms with Crippen molar-refractivity contribution in [2.75, 3.05) is 0 Å². The molecule has 0 N–H and O–H groups in total. The van der Waals surface area contributed by atoms with Crippen molar-refractivity contribution in [2.45, 2.75) is 6.92 Å². The maximum Gasteiger partial charge on any atom is 0.127 e. The van der Waals surface area contributed by atoms with Crippen LogP contribution < -0.4 is 0 Å². The second-order valence-electron chi connectivity index (χ2n) is 3.13. The summed E-state index contributed by atoms with van der Waals surface area (Å²) in [5.41, 5.74) is 2.01. The molecule has 76 valence electrons. The topological polar surface area (TPSA) is 25.8 Å². The van der Waals surface area contributed by atoms with Crippen molar-refractivity contribution in [3.63, 3.8) is 0 Å². The van der Waals surface area contributed by atoms with Crippen LogP contribution in [0.1, 0.15) is 5.82 Å². The third kappa shape index (κ3) is 2.63. The van der Waals surface area contributed by atoms with Crippen LogP contribution in [0.5, 0.6) is 0 Å². The molecule has 0 amide bonds. The second kappa shape index (κ2) is 4.41. The van der Waals surface area contributed by atoms with Gasteiger partial charge < -0.3 is 0 Å². The van der Waals surface area contributed by atoms with E-state index in [0.717, 1.165) is 26.2 Å². The first kappa shape index (κ1) is 10.8. The van der Waals surface area contributed by atoms with Gasteiger partial charge in [0.15, 0.2) is 0 Å². The van der Waals surface area contributed by atoms with Crippen molar-refractivity contribution in [1.29, 1.82) is 0 Å². The summed E-state index contributed by atoms with van der Waals surface area (Å²) in [6.07, 6.45) is 0. The summed E-state index contributed by atoms with van der Waals surface area (Å²) in [6, 6.07) is 9.96. The summed E-state index contributed by atoms with van der Waals surface area (Å²) in [5.74, 6) is 0.763. The van der Waals surface area contributed by atoms with Crippen molar-refractivity contribution >= 4 is 31.9 Å². The highest BCUT2D eigenvalue weighted by molar-refractivity contribution is 9.10. The van der Waals surface area contributed by atoms with Gasteiger partial charge in [0.2, 0.25) is 0 Å². The molecular formula is C11H8Br2N2. The summed E-state index contributed by atoms with van der Waals surface area (Å²) in [6.45, 7) is 1.88. The largest absolute Gasteiger partial charge is 0.233 e. The van der Waals surface area contributed by atoms with Crippen molar-refractivity contribution in [1.82, 2.24) is 9.97 Å². The highest BCUT2D eigenvalue weighted by atomic mass is 79.9. The molecule has 4 heteroatoms. The van der Waals surface area contributed by atoms with Crippen molar-refractivity contribution < 1.29 is 0 Å².